The number of anilines is 1. The molecular weight excluding hydrogens is 457 g/mol. The molecule has 1 aliphatic heterocycles. The topological polar surface area (TPSA) is 66.8 Å². The molecule has 1 amide bonds. The number of benzene rings is 3. The molecule has 0 bridgehead atoms. The van der Waals surface area contributed by atoms with Crippen molar-refractivity contribution in [3.05, 3.63) is 87.7 Å². The van der Waals surface area contributed by atoms with Crippen molar-refractivity contribution in [2.75, 3.05) is 11.4 Å². The Morgan fingerprint density at radius 3 is 2.28 bits per heavy atom. The second-order valence-electron chi connectivity index (χ2n) is 10.5. The van der Waals surface area contributed by atoms with Crippen LogP contribution in [0.25, 0.3) is 11.1 Å². The zero-order valence-electron chi connectivity index (χ0n) is 21.6. The minimum Gasteiger partial charge on any atom is -0.479 e. The summed E-state index contributed by atoms with van der Waals surface area (Å²) in [7, 11) is 0. The van der Waals surface area contributed by atoms with Crippen LogP contribution in [0.4, 0.5) is 10.1 Å². The third-order valence-corrected chi connectivity index (χ3v) is 6.51. The minimum atomic E-state index is -1.18. The van der Waals surface area contributed by atoms with Crippen molar-refractivity contribution < 1.29 is 23.8 Å². The summed E-state index contributed by atoms with van der Waals surface area (Å²) < 4.78 is 20.0. The van der Waals surface area contributed by atoms with E-state index in [4.69, 9.17) is 4.74 Å². The lowest BCUT2D eigenvalue weighted by Crippen LogP contribution is -2.30. The number of hydrogen-bond donors (Lipinski definition) is 1. The number of carboxylic acid groups (broad SMARTS) is 1. The molecule has 0 fully saturated rings. The smallest absolute Gasteiger partial charge is 0.337 e. The Hall–Kier alpha value is -3.51. The van der Waals surface area contributed by atoms with E-state index >= 15 is 0 Å². The number of fused-ring (bicyclic) bond motifs is 1. The first-order valence-electron chi connectivity index (χ1n) is 12.1. The molecule has 0 spiro atoms. The Bertz CT molecular complexity index is 1340. The van der Waals surface area contributed by atoms with Crippen LogP contribution in [-0.2, 0) is 16.0 Å². The molecule has 1 aliphatic rings. The predicted molar refractivity (Wildman–Crippen MR) is 139 cm³/mol. The summed E-state index contributed by atoms with van der Waals surface area (Å²) in [4.78, 5) is 27.7. The van der Waals surface area contributed by atoms with Gasteiger partial charge < -0.3 is 14.7 Å². The number of amides is 1. The van der Waals surface area contributed by atoms with Gasteiger partial charge in [0.15, 0.2) is 6.10 Å². The van der Waals surface area contributed by atoms with E-state index in [0.29, 0.717) is 29.7 Å². The molecule has 5 nitrogen and oxygen atoms in total. The molecule has 0 saturated carbocycles. The Morgan fingerprint density at radius 1 is 1.00 bits per heavy atom. The van der Waals surface area contributed by atoms with Gasteiger partial charge in [0.1, 0.15) is 5.82 Å². The van der Waals surface area contributed by atoms with E-state index in [0.717, 1.165) is 33.5 Å². The average Bonchev–Trinajstić information content (AvgIpc) is 3.21. The first kappa shape index (κ1) is 25.6. The van der Waals surface area contributed by atoms with Crippen molar-refractivity contribution in [2.45, 2.75) is 59.7 Å². The molecule has 4 rings (SSSR count). The van der Waals surface area contributed by atoms with Gasteiger partial charge in [0, 0.05) is 23.4 Å². The monoisotopic (exact) mass is 489 g/mol. The largest absolute Gasteiger partial charge is 0.479 e. The maximum absolute atomic E-state index is 14.0. The van der Waals surface area contributed by atoms with Crippen LogP contribution >= 0.6 is 0 Å². The third-order valence-electron chi connectivity index (χ3n) is 6.51. The molecular formula is C30H32FNO4. The number of carboxylic acids is 1. The molecule has 0 unspecified atom stereocenters. The van der Waals surface area contributed by atoms with Crippen LogP contribution in [0.5, 0.6) is 0 Å². The molecule has 0 saturated heterocycles. The highest BCUT2D eigenvalue weighted by Crippen LogP contribution is 2.45. The van der Waals surface area contributed by atoms with Crippen LogP contribution in [-0.4, -0.2) is 29.1 Å². The zero-order chi connectivity index (χ0) is 26.4. The van der Waals surface area contributed by atoms with E-state index in [-0.39, 0.29) is 5.91 Å². The van der Waals surface area contributed by atoms with E-state index < -0.39 is 23.5 Å². The summed E-state index contributed by atoms with van der Waals surface area (Å²) in [6.45, 7) is 11.6. The van der Waals surface area contributed by atoms with Crippen LogP contribution < -0.4 is 4.90 Å². The SMILES string of the molecule is Cc1ccc(-c2c3c(cc(C)c2[C@H](OC(C)(C)C)C(=O)O)N(C(=O)c2cc(F)ccc2C)CC3)cc1. The number of carbonyl (C=O) groups excluding carboxylic acids is 1. The van der Waals surface area contributed by atoms with Gasteiger partial charge in [-0.05, 0) is 94.0 Å². The molecule has 6 heteroatoms. The van der Waals surface area contributed by atoms with Crippen LogP contribution in [0.15, 0.2) is 48.5 Å². The first-order chi connectivity index (χ1) is 16.9. The van der Waals surface area contributed by atoms with E-state index in [9.17, 15) is 19.1 Å². The highest BCUT2D eigenvalue weighted by Gasteiger charge is 2.36. The van der Waals surface area contributed by atoms with Gasteiger partial charge in [0.2, 0.25) is 0 Å². The van der Waals surface area contributed by atoms with Gasteiger partial charge >= 0.3 is 5.97 Å². The van der Waals surface area contributed by atoms with Gasteiger partial charge in [-0.2, -0.15) is 0 Å². The number of halogens is 1. The number of aliphatic carboxylic acids is 1. The summed E-state index contributed by atoms with van der Waals surface area (Å²) in [5.41, 5.74) is 6.01. The van der Waals surface area contributed by atoms with E-state index in [2.05, 4.69) is 0 Å². The van der Waals surface area contributed by atoms with Gasteiger partial charge in [0.05, 0.1) is 5.60 Å². The predicted octanol–water partition coefficient (Wildman–Crippen LogP) is 6.56. The molecule has 1 heterocycles. The van der Waals surface area contributed by atoms with Gasteiger partial charge in [-0.1, -0.05) is 35.9 Å². The molecule has 36 heavy (non-hydrogen) atoms. The number of rotatable bonds is 5. The second kappa shape index (κ2) is 9.51. The van der Waals surface area contributed by atoms with E-state index in [1.807, 2.05) is 65.0 Å². The van der Waals surface area contributed by atoms with Crippen LogP contribution in [0.1, 0.15) is 65.1 Å². The van der Waals surface area contributed by atoms with Crippen molar-refractivity contribution in [1.29, 1.82) is 0 Å². The molecule has 3 aromatic rings. The summed E-state index contributed by atoms with van der Waals surface area (Å²) >= 11 is 0. The lowest BCUT2D eigenvalue weighted by Gasteiger charge is -2.29. The summed E-state index contributed by atoms with van der Waals surface area (Å²) in [5, 5.41) is 10.2. The molecule has 1 atom stereocenters. The fourth-order valence-corrected chi connectivity index (χ4v) is 4.85. The Morgan fingerprint density at radius 2 is 1.67 bits per heavy atom. The van der Waals surface area contributed by atoms with Crippen molar-refractivity contribution >= 4 is 17.6 Å². The second-order valence-corrected chi connectivity index (χ2v) is 10.5. The normalized spacial score (nSPS) is 14.0. The summed E-state index contributed by atoms with van der Waals surface area (Å²) in [6.07, 6.45) is -0.629. The maximum Gasteiger partial charge on any atom is 0.337 e. The van der Waals surface area contributed by atoms with E-state index in [1.54, 1.807) is 17.9 Å². The standard InChI is InChI=1S/C30H32FNO4/c1-17-7-10-20(11-8-17)26-22-13-14-32(28(33)23-16-21(31)12-9-18(23)2)24(22)15-19(3)25(26)27(29(34)35)36-30(4,5)6/h7-12,15-16,27H,13-14H2,1-6H3,(H,34,35)/t27-/m0/s1. The highest BCUT2D eigenvalue weighted by molar-refractivity contribution is 6.09. The lowest BCUT2D eigenvalue weighted by molar-refractivity contribution is -0.160. The highest BCUT2D eigenvalue weighted by atomic mass is 19.1. The van der Waals surface area contributed by atoms with Gasteiger partial charge in [-0.25, -0.2) is 9.18 Å². The van der Waals surface area contributed by atoms with Crippen molar-refractivity contribution in [1.82, 2.24) is 0 Å². The van der Waals surface area contributed by atoms with Gasteiger partial charge in [-0.3, -0.25) is 4.79 Å². The van der Waals surface area contributed by atoms with E-state index in [1.165, 1.54) is 12.1 Å². The average molecular weight is 490 g/mol. The lowest BCUT2D eigenvalue weighted by atomic mass is 9.86. The number of hydrogen-bond acceptors (Lipinski definition) is 3. The maximum atomic E-state index is 14.0. The van der Waals surface area contributed by atoms with Crippen LogP contribution in [0, 0.1) is 26.6 Å². The number of aryl methyl sites for hydroxylation is 3. The van der Waals surface area contributed by atoms with Crippen molar-refractivity contribution in [2.24, 2.45) is 0 Å². The molecule has 0 aromatic heterocycles. The first-order valence-corrected chi connectivity index (χ1v) is 12.1. The molecule has 0 aliphatic carbocycles. The van der Waals surface area contributed by atoms with Crippen molar-refractivity contribution in [3.63, 3.8) is 0 Å². The number of carbonyl (C=O) groups is 2. The Balaban J connectivity index is 1.94. The quantitative estimate of drug-likeness (QED) is 0.441. The number of nitrogens with zero attached hydrogens (tertiary/aromatic N) is 1. The number of ether oxygens (including phenoxy) is 1. The molecule has 3 aromatic carbocycles. The fourth-order valence-electron chi connectivity index (χ4n) is 4.85. The summed E-state index contributed by atoms with van der Waals surface area (Å²) in [5.74, 6) is -1.80. The van der Waals surface area contributed by atoms with Crippen LogP contribution in [0.2, 0.25) is 0 Å². The summed E-state index contributed by atoms with van der Waals surface area (Å²) in [6, 6.07) is 14.0. The van der Waals surface area contributed by atoms with Crippen molar-refractivity contribution in [3.8, 4) is 11.1 Å². The Kier molecular flexibility index (Phi) is 6.76. The zero-order valence-corrected chi connectivity index (χ0v) is 21.6. The fraction of sp³-hybridized carbons (Fsp3) is 0.333. The molecule has 188 valence electrons. The molecule has 0 radical (unpaired) electrons. The van der Waals surface area contributed by atoms with Gasteiger partial charge in [0.25, 0.3) is 5.91 Å². The van der Waals surface area contributed by atoms with Gasteiger partial charge in [-0.15, -0.1) is 0 Å². The minimum absolute atomic E-state index is 0.270. The Labute approximate surface area is 211 Å². The van der Waals surface area contributed by atoms with Crippen LogP contribution in [0.3, 0.4) is 0 Å². The third kappa shape index (κ3) is 4.91. The molecule has 1 N–H and O–H groups in total.